The number of aromatic nitrogens is 2. The van der Waals surface area contributed by atoms with Crippen LogP contribution in [-0.4, -0.2) is 54.1 Å². The van der Waals surface area contributed by atoms with E-state index < -0.39 is 5.91 Å². The Balaban J connectivity index is 1.61. The van der Waals surface area contributed by atoms with Gasteiger partial charge in [0.05, 0.1) is 12.8 Å². The molecule has 0 bridgehead atoms. The quantitative estimate of drug-likeness (QED) is 0.350. The fourth-order valence-electron chi connectivity index (χ4n) is 4.25. The van der Waals surface area contributed by atoms with Crippen LogP contribution in [0.2, 0.25) is 0 Å². The van der Waals surface area contributed by atoms with E-state index in [4.69, 9.17) is 22.1 Å². The summed E-state index contributed by atoms with van der Waals surface area (Å²) in [5, 5.41) is 4.38. The Labute approximate surface area is 214 Å². The zero-order chi connectivity index (χ0) is 25.8. The summed E-state index contributed by atoms with van der Waals surface area (Å²) in [5.74, 6) is 0.239. The van der Waals surface area contributed by atoms with Gasteiger partial charge in [0, 0.05) is 42.8 Å². The van der Waals surface area contributed by atoms with Gasteiger partial charge in [0.1, 0.15) is 11.4 Å². The molecular weight excluding hydrogens is 482 g/mol. The van der Waals surface area contributed by atoms with Crippen LogP contribution in [0.4, 0.5) is 11.4 Å². The van der Waals surface area contributed by atoms with Gasteiger partial charge in [-0.25, -0.2) is 4.68 Å². The summed E-state index contributed by atoms with van der Waals surface area (Å²) >= 11 is 5.70. The van der Waals surface area contributed by atoms with Gasteiger partial charge >= 0.3 is 0 Å². The van der Waals surface area contributed by atoms with Crippen LogP contribution in [0.3, 0.4) is 0 Å². The number of unbranched alkanes of at least 4 members (excludes halogenated alkanes) is 1. The molecule has 1 aliphatic rings. The third-order valence-corrected chi connectivity index (χ3v) is 6.53. The minimum absolute atomic E-state index is 0.00827. The molecule has 0 unspecified atom stereocenters. The van der Waals surface area contributed by atoms with Gasteiger partial charge in [-0.2, -0.15) is 5.10 Å². The van der Waals surface area contributed by atoms with Gasteiger partial charge in [-0.15, -0.1) is 11.6 Å². The zero-order valence-electron chi connectivity index (χ0n) is 20.2. The lowest BCUT2D eigenvalue weighted by atomic mass is 10.0. The van der Waals surface area contributed by atoms with Crippen molar-refractivity contribution in [2.24, 2.45) is 5.73 Å². The highest BCUT2D eigenvalue weighted by molar-refractivity contribution is 6.17. The molecule has 0 saturated heterocycles. The van der Waals surface area contributed by atoms with Crippen LogP contribution < -0.4 is 20.3 Å². The number of amides is 3. The SMILES string of the molecule is COc1ccc(-n2nc(C(N)=O)c3c2C(=O)N(c2ccc(N(C)C(=O)CCCCCl)cc2)CC3)cc1. The largest absolute Gasteiger partial charge is 0.497 e. The number of nitrogens with zero attached hydrogens (tertiary/aromatic N) is 4. The first kappa shape index (κ1) is 25.2. The van der Waals surface area contributed by atoms with Crippen molar-refractivity contribution in [2.45, 2.75) is 25.7 Å². The van der Waals surface area contributed by atoms with Gasteiger partial charge < -0.3 is 20.3 Å². The molecule has 188 valence electrons. The lowest BCUT2D eigenvalue weighted by Gasteiger charge is -2.28. The van der Waals surface area contributed by atoms with Crippen LogP contribution in [0.25, 0.3) is 5.69 Å². The van der Waals surface area contributed by atoms with E-state index in [1.807, 2.05) is 24.3 Å². The van der Waals surface area contributed by atoms with E-state index in [-0.39, 0.29) is 17.5 Å². The van der Waals surface area contributed by atoms with E-state index in [0.717, 1.165) is 18.5 Å². The Bertz CT molecular complexity index is 1270. The number of carbonyl (C=O) groups is 3. The van der Waals surface area contributed by atoms with Crippen LogP contribution in [-0.2, 0) is 11.2 Å². The Hall–Kier alpha value is -3.85. The molecule has 36 heavy (non-hydrogen) atoms. The predicted octanol–water partition coefficient (Wildman–Crippen LogP) is 3.55. The number of ether oxygens (including phenoxy) is 1. The number of methoxy groups -OCH3 is 1. The van der Waals surface area contributed by atoms with Gasteiger partial charge in [-0.05, 0) is 67.8 Å². The predicted molar refractivity (Wildman–Crippen MR) is 138 cm³/mol. The molecule has 0 radical (unpaired) electrons. The first-order chi connectivity index (χ1) is 17.3. The fraction of sp³-hybridized carbons (Fsp3) is 0.308. The van der Waals surface area contributed by atoms with Gasteiger partial charge in [0.15, 0.2) is 5.69 Å². The number of halogens is 1. The number of hydrogen-bond donors (Lipinski definition) is 1. The molecule has 0 atom stereocenters. The van der Waals surface area contributed by atoms with E-state index in [2.05, 4.69) is 5.10 Å². The maximum atomic E-state index is 13.7. The lowest BCUT2D eigenvalue weighted by Crippen LogP contribution is -2.39. The minimum atomic E-state index is -0.678. The molecular formula is C26H28ClN5O4. The molecule has 2 heterocycles. The van der Waals surface area contributed by atoms with Crippen molar-refractivity contribution in [2.75, 3.05) is 36.4 Å². The second-order valence-corrected chi connectivity index (χ2v) is 8.85. The molecule has 3 aromatic rings. The average Bonchev–Trinajstić information content (AvgIpc) is 3.30. The van der Waals surface area contributed by atoms with Crippen molar-refractivity contribution >= 4 is 40.7 Å². The van der Waals surface area contributed by atoms with Gasteiger partial charge in [0.25, 0.3) is 11.8 Å². The number of primary amides is 1. The van der Waals surface area contributed by atoms with Crippen molar-refractivity contribution in [3.63, 3.8) is 0 Å². The van der Waals surface area contributed by atoms with E-state index in [1.54, 1.807) is 48.2 Å². The Morgan fingerprint density at radius 2 is 1.75 bits per heavy atom. The van der Waals surface area contributed by atoms with Crippen molar-refractivity contribution < 1.29 is 19.1 Å². The molecule has 2 N–H and O–H groups in total. The molecule has 4 rings (SSSR count). The Morgan fingerprint density at radius 1 is 1.08 bits per heavy atom. The second-order valence-electron chi connectivity index (χ2n) is 8.47. The number of anilines is 2. The fourth-order valence-corrected chi connectivity index (χ4v) is 4.44. The Kier molecular flexibility index (Phi) is 7.59. The first-order valence-electron chi connectivity index (χ1n) is 11.7. The summed E-state index contributed by atoms with van der Waals surface area (Å²) in [6, 6.07) is 14.3. The molecule has 1 aliphatic heterocycles. The molecule has 9 nitrogen and oxygen atoms in total. The number of rotatable bonds is 9. The monoisotopic (exact) mass is 509 g/mol. The van der Waals surface area contributed by atoms with Crippen LogP contribution in [0, 0.1) is 0 Å². The van der Waals surface area contributed by atoms with Crippen LogP contribution in [0.1, 0.15) is 45.8 Å². The summed E-state index contributed by atoms with van der Waals surface area (Å²) in [6.45, 7) is 0.368. The van der Waals surface area contributed by atoms with Crippen molar-refractivity contribution in [1.29, 1.82) is 0 Å². The third kappa shape index (κ3) is 4.92. The van der Waals surface area contributed by atoms with Crippen molar-refractivity contribution in [3.8, 4) is 11.4 Å². The molecule has 0 fully saturated rings. The van der Waals surface area contributed by atoms with Gasteiger partial charge in [-0.3, -0.25) is 14.4 Å². The summed E-state index contributed by atoms with van der Waals surface area (Å²) < 4.78 is 6.68. The number of alkyl halides is 1. The number of fused-ring (bicyclic) bond motifs is 1. The molecule has 0 aliphatic carbocycles. The summed E-state index contributed by atoms with van der Waals surface area (Å²) in [7, 11) is 3.30. The smallest absolute Gasteiger partial charge is 0.277 e. The second kappa shape index (κ2) is 10.8. The summed E-state index contributed by atoms with van der Waals surface area (Å²) in [6.07, 6.45) is 2.39. The molecule has 3 amide bonds. The molecule has 1 aromatic heterocycles. The maximum absolute atomic E-state index is 13.7. The first-order valence-corrected chi connectivity index (χ1v) is 12.2. The molecule has 10 heteroatoms. The lowest BCUT2D eigenvalue weighted by molar-refractivity contribution is -0.118. The average molecular weight is 510 g/mol. The summed E-state index contributed by atoms with van der Waals surface area (Å²) in [4.78, 5) is 41.4. The number of carbonyl (C=O) groups excluding carboxylic acids is 3. The normalized spacial score (nSPS) is 12.9. The number of benzene rings is 2. The van der Waals surface area contributed by atoms with Gasteiger partial charge in [0.2, 0.25) is 5.91 Å². The summed E-state index contributed by atoms with van der Waals surface area (Å²) in [5.41, 5.74) is 8.54. The van der Waals surface area contributed by atoms with Crippen LogP contribution in [0.15, 0.2) is 48.5 Å². The molecule has 0 saturated carbocycles. The topological polar surface area (TPSA) is 111 Å². The third-order valence-electron chi connectivity index (χ3n) is 6.26. The van der Waals surface area contributed by atoms with E-state index in [0.29, 0.717) is 53.6 Å². The Morgan fingerprint density at radius 3 is 2.36 bits per heavy atom. The number of hydrogen-bond acceptors (Lipinski definition) is 5. The van der Waals surface area contributed by atoms with Gasteiger partial charge in [-0.1, -0.05) is 0 Å². The van der Waals surface area contributed by atoms with Crippen molar-refractivity contribution in [3.05, 3.63) is 65.5 Å². The zero-order valence-corrected chi connectivity index (χ0v) is 21.0. The van der Waals surface area contributed by atoms with E-state index >= 15 is 0 Å². The molecule has 0 spiro atoms. The van der Waals surface area contributed by atoms with E-state index in [1.165, 1.54) is 4.68 Å². The number of nitrogens with two attached hydrogens (primary N) is 1. The van der Waals surface area contributed by atoms with Crippen molar-refractivity contribution in [1.82, 2.24) is 9.78 Å². The highest BCUT2D eigenvalue weighted by atomic mass is 35.5. The van der Waals surface area contributed by atoms with Crippen LogP contribution >= 0.6 is 11.6 Å². The van der Waals surface area contributed by atoms with Crippen LogP contribution in [0.5, 0.6) is 5.75 Å². The maximum Gasteiger partial charge on any atom is 0.277 e. The standard InChI is InChI=1S/C26H28ClN5O4/c1-30(22(33)5-3-4-15-27)17-6-8-18(9-7-17)31-16-14-21-23(25(28)34)29-32(24(21)26(31)35)19-10-12-20(36-2)13-11-19/h6-13H,3-5,14-16H2,1-2H3,(H2,28,34). The minimum Gasteiger partial charge on any atom is -0.497 e. The highest BCUT2D eigenvalue weighted by Crippen LogP contribution is 2.30. The highest BCUT2D eigenvalue weighted by Gasteiger charge is 2.34. The molecule has 2 aromatic carbocycles. The van der Waals surface area contributed by atoms with E-state index in [9.17, 15) is 14.4 Å².